The van der Waals surface area contributed by atoms with Crippen LogP contribution in [-0.2, 0) is 20.8 Å². The number of halogens is 2. The van der Waals surface area contributed by atoms with Crippen molar-refractivity contribution in [2.24, 2.45) is 0 Å². The summed E-state index contributed by atoms with van der Waals surface area (Å²) in [5, 5.41) is 15.4. The fraction of sp³-hybridized carbons (Fsp3) is 0.655. The van der Waals surface area contributed by atoms with Gasteiger partial charge >= 0.3 is 0 Å². The molecule has 0 fully saturated rings. The number of rotatable bonds is 15. The van der Waals surface area contributed by atoms with Crippen LogP contribution in [0.4, 0.5) is 0 Å². The Balaban J connectivity index is 0.00000235. The Labute approximate surface area is 233 Å². The maximum atomic E-state index is 10.5. The number of aliphatic hydroxyl groups excluding tert-OH is 1. The minimum atomic E-state index is -0.607. The summed E-state index contributed by atoms with van der Waals surface area (Å²) >= 11 is 12.4. The van der Waals surface area contributed by atoms with Crippen LogP contribution in [0, 0.1) is 0 Å². The SMILES string of the molecule is CC.CC1(C)OCc2cc(C(O)CNCCCCCCOCCOCC3=C(Cl)CCC=C3Cl)ccc2O1. The van der Waals surface area contributed by atoms with Gasteiger partial charge in [-0.15, -0.1) is 0 Å². The zero-order valence-electron chi connectivity index (χ0n) is 22.9. The Morgan fingerprint density at radius 1 is 1.05 bits per heavy atom. The van der Waals surface area contributed by atoms with E-state index in [1.807, 2.05) is 52.0 Å². The van der Waals surface area contributed by atoms with Crippen LogP contribution in [0.1, 0.15) is 83.5 Å². The highest BCUT2D eigenvalue weighted by molar-refractivity contribution is 6.36. The van der Waals surface area contributed by atoms with Gasteiger partial charge in [0.1, 0.15) is 5.75 Å². The van der Waals surface area contributed by atoms with E-state index in [1.165, 1.54) is 0 Å². The topological polar surface area (TPSA) is 69.2 Å². The summed E-state index contributed by atoms with van der Waals surface area (Å²) < 4.78 is 22.8. The summed E-state index contributed by atoms with van der Waals surface area (Å²) in [4.78, 5) is 0. The zero-order valence-corrected chi connectivity index (χ0v) is 24.4. The van der Waals surface area contributed by atoms with Crippen LogP contribution in [0.5, 0.6) is 5.75 Å². The van der Waals surface area contributed by atoms with E-state index >= 15 is 0 Å². The number of allylic oxidation sites excluding steroid dienone is 2. The maximum absolute atomic E-state index is 10.5. The first-order valence-electron chi connectivity index (χ1n) is 13.6. The number of fused-ring (bicyclic) bond motifs is 1. The molecule has 0 radical (unpaired) electrons. The Morgan fingerprint density at radius 3 is 2.59 bits per heavy atom. The van der Waals surface area contributed by atoms with E-state index in [0.29, 0.717) is 38.0 Å². The Bertz CT molecular complexity index is 872. The molecule has 0 amide bonds. The Morgan fingerprint density at radius 2 is 1.81 bits per heavy atom. The molecular formula is C29H45Cl2NO5. The smallest absolute Gasteiger partial charge is 0.205 e. The van der Waals surface area contributed by atoms with Crippen molar-refractivity contribution in [2.45, 2.75) is 84.7 Å². The molecule has 1 aliphatic heterocycles. The predicted molar refractivity (Wildman–Crippen MR) is 151 cm³/mol. The fourth-order valence-electron chi connectivity index (χ4n) is 4.00. The summed E-state index contributed by atoms with van der Waals surface area (Å²) in [6.07, 6.45) is 7.51. The highest BCUT2D eigenvalue weighted by Gasteiger charge is 2.27. The summed E-state index contributed by atoms with van der Waals surface area (Å²) in [7, 11) is 0. The first kappa shape index (κ1) is 32.1. The Kier molecular flexibility index (Phi) is 15.1. The molecule has 0 spiro atoms. The molecule has 3 rings (SSSR count). The predicted octanol–water partition coefficient (Wildman–Crippen LogP) is 6.98. The lowest BCUT2D eigenvalue weighted by atomic mass is 10.0. The third kappa shape index (κ3) is 11.7. The molecule has 0 bridgehead atoms. The minimum absolute atomic E-state index is 0.437. The summed E-state index contributed by atoms with van der Waals surface area (Å²) in [6, 6.07) is 5.81. The molecule has 1 heterocycles. The normalized spacial score (nSPS) is 17.3. The van der Waals surface area contributed by atoms with Gasteiger partial charge in [-0.2, -0.15) is 0 Å². The highest BCUT2D eigenvalue weighted by Crippen LogP contribution is 2.33. The quantitative estimate of drug-likeness (QED) is 0.226. The number of unbranched alkanes of at least 4 members (excludes halogenated alkanes) is 3. The van der Waals surface area contributed by atoms with Crippen LogP contribution in [0.15, 0.2) is 39.9 Å². The van der Waals surface area contributed by atoms with Gasteiger partial charge < -0.3 is 29.4 Å². The van der Waals surface area contributed by atoms with Gasteiger partial charge in [0, 0.05) is 48.2 Å². The standard InChI is InChI=1S/C27H39Cl2NO5.C2H6/c1-27(2)34-18-21-16-20(10-11-26(21)35-27)25(31)17-30-12-5-3-4-6-13-32-14-15-33-19-22-23(28)8-7-9-24(22)29;1-2/h8,10-11,16,25,30-31H,3-7,9,12-15,17-19H2,1-2H3;1-2H3. The number of aliphatic hydroxyl groups is 1. The summed E-state index contributed by atoms with van der Waals surface area (Å²) in [5.74, 6) is 0.218. The van der Waals surface area contributed by atoms with Crippen molar-refractivity contribution >= 4 is 23.2 Å². The van der Waals surface area contributed by atoms with Gasteiger partial charge in [0.2, 0.25) is 5.79 Å². The molecule has 0 saturated carbocycles. The third-order valence-electron chi connectivity index (χ3n) is 6.05. The fourth-order valence-corrected chi connectivity index (χ4v) is 4.59. The zero-order chi connectivity index (χ0) is 27.1. The molecule has 2 N–H and O–H groups in total. The summed E-state index contributed by atoms with van der Waals surface area (Å²) in [5.41, 5.74) is 2.75. The van der Waals surface area contributed by atoms with Crippen LogP contribution < -0.4 is 10.1 Å². The van der Waals surface area contributed by atoms with Crippen molar-refractivity contribution in [3.05, 3.63) is 51.0 Å². The lowest BCUT2D eigenvalue weighted by Crippen LogP contribution is -2.35. The lowest BCUT2D eigenvalue weighted by molar-refractivity contribution is -0.180. The molecule has 210 valence electrons. The second kappa shape index (κ2) is 17.5. The van der Waals surface area contributed by atoms with Crippen LogP contribution in [0.2, 0.25) is 0 Å². The third-order valence-corrected chi connectivity index (χ3v) is 6.85. The van der Waals surface area contributed by atoms with E-state index in [1.54, 1.807) is 0 Å². The van der Waals surface area contributed by atoms with Gasteiger partial charge in [-0.05, 0) is 49.9 Å². The molecular weight excluding hydrogens is 513 g/mol. The molecule has 37 heavy (non-hydrogen) atoms. The van der Waals surface area contributed by atoms with E-state index in [-0.39, 0.29) is 0 Å². The van der Waals surface area contributed by atoms with Crippen molar-refractivity contribution in [3.63, 3.8) is 0 Å². The first-order chi connectivity index (χ1) is 17.9. The van der Waals surface area contributed by atoms with Crippen LogP contribution >= 0.6 is 23.2 Å². The van der Waals surface area contributed by atoms with E-state index in [9.17, 15) is 5.11 Å². The Hall–Kier alpha value is -1.12. The van der Waals surface area contributed by atoms with E-state index in [0.717, 1.165) is 79.2 Å². The monoisotopic (exact) mass is 557 g/mol. The molecule has 1 aliphatic carbocycles. The van der Waals surface area contributed by atoms with Gasteiger partial charge in [0.05, 0.1) is 32.5 Å². The molecule has 1 aromatic carbocycles. The van der Waals surface area contributed by atoms with Crippen molar-refractivity contribution in [3.8, 4) is 5.75 Å². The van der Waals surface area contributed by atoms with Crippen molar-refractivity contribution in [1.29, 1.82) is 0 Å². The molecule has 1 aromatic rings. The molecule has 6 nitrogen and oxygen atoms in total. The van der Waals surface area contributed by atoms with E-state index in [4.69, 9.17) is 42.1 Å². The van der Waals surface area contributed by atoms with Gasteiger partial charge in [-0.1, -0.05) is 62.0 Å². The molecule has 1 unspecified atom stereocenters. The number of ether oxygens (including phenoxy) is 4. The van der Waals surface area contributed by atoms with Gasteiger partial charge in [-0.3, -0.25) is 0 Å². The summed E-state index contributed by atoms with van der Waals surface area (Å²) in [6.45, 7) is 12.0. The lowest BCUT2D eigenvalue weighted by Gasteiger charge is -2.33. The van der Waals surface area contributed by atoms with E-state index < -0.39 is 11.9 Å². The molecule has 0 aromatic heterocycles. The van der Waals surface area contributed by atoms with Gasteiger partial charge in [0.15, 0.2) is 0 Å². The number of nitrogens with one attached hydrogen (secondary N) is 1. The second-order valence-electron chi connectivity index (χ2n) is 9.43. The van der Waals surface area contributed by atoms with Crippen LogP contribution in [-0.4, -0.2) is 50.4 Å². The molecule has 2 aliphatic rings. The number of benzene rings is 1. The van der Waals surface area contributed by atoms with Crippen LogP contribution in [0.3, 0.4) is 0 Å². The van der Waals surface area contributed by atoms with Crippen molar-refractivity contribution in [1.82, 2.24) is 5.32 Å². The van der Waals surface area contributed by atoms with E-state index in [2.05, 4.69) is 5.32 Å². The van der Waals surface area contributed by atoms with Crippen molar-refractivity contribution < 1.29 is 24.1 Å². The number of hydrogen-bond donors (Lipinski definition) is 2. The minimum Gasteiger partial charge on any atom is -0.463 e. The van der Waals surface area contributed by atoms with Gasteiger partial charge in [-0.25, -0.2) is 0 Å². The van der Waals surface area contributed by atoms with Gasteiger partial charge in [0.25, 0.3) is 0 Å². The number of hydrogen-bond acceptors (Lipinski definition) is 6. The molecule has 8 heteroatoms. The average Bonchev–Trinajstić information content (AvgIpc) is 2.88. The maximum Gasteiger partial charge on any atom is 0.205 e. The van der Waals surface area contributed by atoms with Crippen molar-refractivity contribution in [2.75, 3.05) is 39.5 Å². The molecule has 0 saturated heterocycles. The first-order valence-corrected chi connectivity index (χ1v) is 14.3. The highest BCUT2D eigenvalue weighted by atomic mass is 35.5. The molecule has 1 atom stereocenters. The second-order valence-corrected chi connectivity index (χ2v) is 10.3. The average molecular weight is 559 g/mol. The van der Waals surface area contributed by atoms with Crippen LogP contribution in [0.25, 0.3) is 0 Å². The largest absolute Gasteiger partial charge is 0.463 e.